The van der Waals surface area contributed by atoms with Crippen molar-refractivity contribution in [2.45, 2.75) is 19.4 Å². The minimum absolute atomic E-state index is 0.0326. The van der Waals surface area contributed by atoms with Crippen LogP contribution in [0.1, 0.15) is 6.92 Å². The van der Waals surface area contributed by atoms with Gasteiger partial charge in [-0.1, -0.05) is 0 Å². The number of carboxylic acid groups (broad SMARTS) is 1. The Kier molecular flexibility index (Phi) is 7.10. The number of amides is 2. The molecule has 0 aliphatic rings. The quantitative estimate of drug-likeness (QED) is 0.548. The molecule has 8 heteroatoms. The molecule has 0 heterocycles. The topological polar surface area (TPSA) is 87.7 Å². The first-order valence-electron chi connectivity index (χ1n) is 4.56. The van der Waals surface area contributed by atoms with E-state index in [1.54, 1.807) is 0 Å². The van der Waals surface area contributed by atoms with Crippen LogP contribution >= 0.6 is 0 Å². The molecule has 0 saturated heterocycles. The van der Waals surface area contributed by atoms with Crippen LogP contribution < -0.4 is 10.6 Å². The second kappa shape index (κ2) is 7.80. The highest BCUT2D eigenvalue weighted by Crippen LogP contribution is 1.91. The molecule has 1 atom stereocenters. The van der Waals surface area contributed by atoms with Gasteiger partial charge in [-0.3, -0.25) is 4.79 Å². The molecule has 94 valence electrons. The molecule has 3 N–H and O–H groups in total. The fourth-order valence-corrected chi connectivity index (χ4v) is 0.719. The van der Waals surface area contributed by atoms with Crippen LogP contribution in [0.3, 0.4) is 0 Å². The molecule has 1 unspecified atom stereocenters. The molecule has 0 fully saturated rings. The Morgan fingerprint density at radius 3 is 2.56 bits per heavy atom. The van der Waals surface area contributed by atoms with Gasteiger partial charge in [-0.05, 0) is 6.92 Å². The van der Waals surface area contributed by atoms with E-state index in [0.29, 0.717) is 0 Å². The Morgan fingerprint density at radius 1 is 1.44 bits per heavy atom. The lowest BCUT2D eigenvalue weighted by molar-refractivity contribution is -0.138. The van der Waals surface area contributed by atoms with Gasteiger partial charge in [0.2, 0.25) is 0 Å². The van der Waals surface area contributed by atoms with Crippen molar-refractivity contribution in [3.8, 4) is 0 Å². The molecule has 0 rings (SSSR count). The minimum atomic E-state index is -2.54. The molecule has 0 bridgehead atoms. The summed E-state index contributed by atoms with van der Waals surface area (Å²) < 4.78 is 27.7. The average molecular weight is 240 g/mol. The van der Waals surface area contributed by atoms with Crippen molar-refractivity contribution in [2.24, 2.45) is 0 Å². The Morgan fingerprint density at radius 2 is 2.06 bits per heavy atom. The Hall–Kier alpha value is -1.44. The van der Waals surface area contributed by atoms with E-state index in [-0.39, 0.29) is 13.2 Å². The summed E-state index contributed by atoms with van der Waals surface area (Å²) >= 11 is 0. The molecule has 6 nitrogen and oxygen atoms in total. The van der Waals surface area contributed by atoms with Crippen LogP contribution in [0, 0.1) is 0 Å². The lowest BCUT2D eigenvalue weighted by Gasteiger charge is -2.10. The highest BCUT2D eigenvalue weighted by Gasteiger charge is 2.12. The predicted molar refractivity (Wildman–Crippen MR) is 50.5 cm³/mol. The minimum Gasteiger partial charge on any atom is -0.480 e. The number of carboxylic acids is 1. The molecule has 0 aromatic rings. The monoisotopic (exact) mass is 240 g/mol. The smallest absolute Gasteiger partial charge is 0.325 e. The summed E-state index contributed by atoms with van der Waals surface area (Å²) in [5.41, 5.74) is 0. The predicted octanol–water partition coefficient (Wildman–Crippen LogP) is 0.0404. The zero-order valence-electron chi connectivity index (χ0n) is 8.70. The highest BCUT2D eigenvalue weighted by molar-refractivity contribution is 5.82. The lowest BCUT2D eigenvalue weighted by Crippen LogP contribution is -2.45. The van der Waals surface area contributed by atoms with Crippen LogP contribution in [0.2, 0.25) is 0 Å². The fraction of sp³-hybridized carbons (Fsp3) is 0.750. The molecule has 0 aromatic heterocycles. The molecule has 16 heavy (non-hydrogen) atoms. The van der Waals surface area contributed by atoms with Gasteiger partial charge in [-0.15, -0.1) is 0 Å². The second-order valence-electron chi connectivity index (χ2n) is 2.93. The van der Waals surface area contributed by atoms with E-state index in [0.717, 1.165) is 0 Å². The summed E-state index contributed by atoms with van der Waals surface area (Å²) in [6, 6.07) is -1.70. The third-order valence-electron chi connectivity index (χ3n) is 1.49. The van der Waals surface area contributed by atoms with Crippen LogP contribution in [0.15, 0.2) is 0 Å². The number of carbonyl (C=O) groups is 2. The summed E-state index contributed by atoms with van der Waals surface area (Å²) in [6.07, 6.45) is -2.54. The van der Waals surface area contributed by atoms with Crippen LogP contribution in [-0.2, 0) is 9.53 Å². The molecule has 0 spiro atoms. The maximum atomic E-state index is 11.6. The van der Waals surface area contributed by atoms with Crippen LogP contribution in [-0.4, -0.2) is 49.3 Å². The van der Waals surface area contributed by atoms with Gasteiger partial charge in [0.25, 0.3) is 6.43 Å². The third-order valence-corrected chi connectivity index (χ3v) is 1.49. The number of rotatable bonds is 7. The van der Waals surface area contributed by atoms with Crippen molar-refractivity contribution >= 4 is 12.0 Å². The number of aliphatic carboxylic acids is 1. The number of hydrogen-bond acceptors (Lipinski definition) is 3. The summed E-state index contributed by atoms with van der Waals surface area (Å²) in [6.45, 7) is 0.591. The normalized spacial score (nSPS) is 12.2. The first-order chi connectivity index (χ1) is 7.43. The first kappa shape index (κ1) is 14.6. The van der Waals surface area contributed by atoms with Gasteiger partial charge in [-0.25, -0.2) is 13.6 Å². The average Bonchev–Trinajstić information content (AvgIpc) is 2.16. The maximum Gasteiger partial charge on any atom is 0.325 e. The number of ether oxygens (including phenoxy) is 1. The molecule has 0 aliphatic heterocycles. The Balaban J connectivity index is 3.48. The molecule has 2 amide bonds. The number of hydrogen-bond donors (Lipinski definition) is 3. The van der Waals surface area contributed by atoms with Gasteiger partial charge in [0, 0.05) is 6.54 Å². The molecule has 0 radical (unpaired) electrons. The molecule has 0 aliphatic carbocycles. The van der Waals surface area contributed by atoms with Gasteiger partial charge in [0.15, 0.2) is 0 Å². The largest absolute Gasteiger partial charge is 0.480 e. The number of halogens is 2. The first-order valence-corrected chi connectivity index (χ1v) is 4.56. The SMILES string of the molecule is CC(NC(=O)NCCOCC(F)F)C(=O)O. The van der Waals surface area contributed by atoms with E-state index in [4.69, 9.17) is 5.11 Å². The van der Waals surface area contributed by atoms with Crippen molar-refractivity contribution in [1.29, 1.82) is 0 Å². The summed E-state index contributed by atoms with van der Waals surface area (Å²) in [7, 11) is 0. The van der Waals surface area contributed by atoms with Crippen LogP contribution in [0.25, 0.3) is 0 Å². The Labute approximate surface area is 91.0 Å². The zero-order valence-corrected chi connectivity index (χ0v) is 8.70. The molecular formula is C8H14F2N2O4. The fourth-order valence-electron chi connectivity index (χ4n) is 0.719. The number of carbonyl (C=O) groups excluding carboxylic acids is 1. The Bertz CT molecular complexity index is 238. The lowest BCUT2D eigenvalue weighted by atomic mass is 10.3. The van der Waals surface area contributed by atoms with Crippen LogP contribution in [0.5, 0.6) is 0 Å². The summed E-state index contributed by atoms with van der Waals surface area (Å²) in [5.74, 6) is -1.16. The van der Waals surface area contributed by atoms with Crippen molar-refractivity contribution in [1.82, 2.24) is 10.6 Å². The van der Waals surface area contributed by atoms with E-state index in [1.165, 1.54) is 6.92 Å². The van der Waals surface area contributed by atoms with Gasteiger partial charge in [-0.2, -0.15) is 0 Å². The van der Waals surface area contributed by atoms with Gasteiger partial charge >= 0.3 is 12.0 Å². The summed E-state index contributed by atoms with van der Waals surface area (Å²) in [5, 5.41) is 12.8. The van der Waals surface area contributed by atoms with Crippen molar-refractivity contribution in [2.75, 3.05) is 19.8 Å². The standard InChI is InChI=1S/C8H14F2N2O4/c1-5(7(13)14)12-8(15)11-2-3-16-4-6(9)10/h5-6H,2-4H2,1H3,(H,13,14)(H2,11,12,15). The molecular weight excluding hydrogens is 226 g/mol. The van der Waals surface area contributed by atoms with Crippen LogP contribution in [0.4, 0.5) is 13.6 Å². The van der Waals surface area contributed by atoms with Gasteiger partial charge in [0.05, 0.1) is 6.61 Å². The van der Waals surface area contributed by atoms with E-state index in [2.05, 4.69) is 15.4 Å². The van der Waals surface area contributed by atoms with E-state index in [1.807, 2.05) is 0 Å². The van der Waals surface area contributed by atoms with Crippen molar-refractivity contribution in [3.05, 3.63) is 0 Å². The molecule has 0 saturated carbocycles. The maximum absolute atomic E-state index is 11.6. The van der Waals surface area contributed by atoms with Gasteiger partial charge in [0.1, 0.15) is 12.6 Å². The third kappa shape index (κ3) is 7.92. The second-order valence-corrected chi connectivity index (χ2v) is 2.93. The van der Waals surface area contributed by atoms with Crippen molar-refractivity contribution in [3.63, 3.8) is 0 Å². The number of alkyl halides is 2. The summed E-state index contributed by atoms with van der Waals surface area (Å²) in [4.78, 5) is 21.3. The number of nitrogens with one attached hydrogen (secondary N) is 2. The highest BCUT2D eigenvalue weighted by atomic mass is 19.3. The molecule has 0 aromatic carbocycles. The van der Waals surface area contributed by atoms with Gasteiger partial charge < -0.3 is 20.5 Å². The van der Waals surface area contributed by atoms with E-state index < -0.39 is 31.1 Å². The van der Waals surface area contributed by atoms with E-state index >= 15 is 0 Å². The van der Waals surface area contributed by atoms with Crippen molar-refractivity contribution < 1.29 is 28.2 Å². The zero-order chi connectivity index (χ0) is 12.6. The number of urea groups is 1. The van der Waals surface area contributed by atoms with E-state index in [9.17, 15) is 18.4 Å².